The standard InChI is InChI=1S/C21H34N4O4.CH3F/c1-21(2,3)29-20(26)24-16-14-23(15-17-24)13-7-5-4-6-12-22-18-8-10-19(11-9-18)25(27)28;1-2/h8-11,22H,4-7,12-17H2,1-3H3;1H3. The topological polar surface area (TPSA) is 88.0 Å². The molecule has 0 bridgehead atoms. The second-order valence-corrected chi connectivity index (χ2v) is 8.45. The second kappa shape index (κ2) is 13.8. The van der Waals surface area contributed by atoms with Crippen LogP contribution < -0.4 is 5.32 Å². The molecule has 8 nitrogen and oxygen atoms in total. The number of rotatable bonds is 9. The number of nitrogens with zero attached hydrogens (tertiary/aromatic N) is 3. The molecular weight excluding hydrogens is 403 g/mol. The lowest BCUT2D eigenvalue weighted by Gasteiger charge is -2.35. The van der Waals surface area contributed by atoms with Gasteiger partial charge in [-0.2, -0.15) is 0 Å². The number of alkyl halides is 1. The number of carbonyl (C=O) groups excluding carboxylic acids is 1. The van der Waals surface area contributed by atoms with Crippen LogP contribution in [0.15, 0.2) is 24.3 Å². The molecule has 1 saturated heterocycles. The predicted molar refractivity (Wildman–Crippen MR) is 121 cm³/mol. The summed E-state index contributed by atoms with van der Waals surface area (Å²) in [4.78, 5) is 26.5. The summed E-state index contributed by atoms with van der Waals surface area (Å²) in [6.07, 6.45) is 4.34. The number of nitro benzene ring substituents is 1. The zero-order valence-electron chi connectivity index (χ0n) is 19.2. The minimum Gasteiger partial charge on any atom is -0.444 e. The highest BCUT2D eigenvalue weighted by Gasteiger charge is 2.25. The first-order valence-electron chi connectivity index (χ1n) is 10.8. The summed E-state index contributed by atoms with van der Waals surface area (Å²) in [6, 6.07) is 6.53. The largest absolute Gasteiger partial charge is 0.444 e. The summed E-state index contributed by atoms with van der Waals surface area (Å²) in [7, 11) is 0.500. The molecule has 1 fully saturated rings. The molecule has 0 unspecified atom stereocenters. The van der Waals surface area contributed by atoms with E-state index in [1.807, 2.05) is 20.8 Å². The van der Waals surface area contributed by atoms with Gasteiger partial charge < -0.3 is 15.0 Å². The van der Waals surface area contributed by atoms with Gasteiger partial charge in [0.25, 0.3) is 5.69 Å². The normalized spacial score (nSPS) is 14.4. The molecular formula is C22H37FN4O4. The van der Waals surface area contributed by atoms with E-state index in [1.54, 1.807) is 17.0 Å². The SMILES string of the molecule is CC(C)(C)OC(=O)N1CCN(CCCCCCNc2ccc([N+](=O)[O-])cc2)CC1.CF. The van der Waals surface area contributed by atoms with Crippen molar-refractivity contribution < 1.29 is 18.8 Å². The molecule has 0 atom stereocenters. The number of hydrogen-bond acceptors (Lipinski definition) is 6. The zero-order chi connectivity index (χ0) is 23.3. The summed E-state index contributed by atoms with van der Waals surface area (Å²) in [6.45, 7) is 10.9. The highest BCUT2D eigenvalue weighted by Crippen LogP contribution is 2.16. The maximum absolute atomic E-state index is 12.1. The van der Waals surface area contributed by atoms with Crippen molar-refractivity contribution in [2.24, 2.45) is 0 Å². The van der Waals surface area contributed by atoms with Crippen molar-refractivity contribution in [3.8, 4) is 0 Å². The summed E-state index contributed by atoms with van der Waals surface area (Å²) in [5.41, 5.74) is 0.586. The number of halogens is 1. The molecule has 0 aliphatic carbocycles. The molecule has 0 saturated carbocycles. The first kappa shape index (κ1) is 26.6. The van der Waals surface area contributed by atoms with E-state index >= 15 is 0 Å². The highest BCUT2D eigenvalue weighted by atomic mass is 19.1. The van der Waals surface area contributed by atoms with Gasteiger partial charge in [0.1, 0.15) is 5.60 Å². The van der Waals surface area contributed by atoms with E-state index in [1.165, 1.54) is 18.6 Å². The first-order valence-corrected chi connectivity index (χ1v) is 10.8. The Balaban J connectivity index is 0.00000233. The molecule has 176 valence electrons. The molecule has 1 N–H and O–H groups in total. The van der Waals surface area contributed by atoms with Crippen LogP contribution in [-0.2, 0) is 4.74 Å². The number of nitro groups is 1. The number of amides is 1. The van der Waals surface area contributed by atoms with Crippen molar-refractivity contribution in [1.29, 1.82) is 0 Å². The van der Waals surface area contributed by atoms with Crippen LogP contribution >= 0.6 is 0 Å². The molecule has 0 aromatic heterocycles. The van der Waals surface area contributed by atoms with Crippen molar-refractivity contribution in [2.45, 2.75) is 52.1 Å². The summed E-state index contributed by atoms with van der Waals surface area (Å²) < 4.78 is 14.9. The van der Waals surface area contributed by atoms with Crippen molar-refractivity contribution in [2.75, 3.05) is 51.8 Å². The Labute approximate surface area is 184 Å². The molecule has 1 heterocycles. The Morgan fingerprint density at radius 3 is 2.19 bits per heavy atom. The number of hydrogen-bond donors (Lipinski definition) is 1. The molecule has 9 heteroatoms. The van der Waals surface area contributed by atoms with E-state index in [-0.39, 0.29) is 16.7 Å². The van der Waals surface area contributed by atoms with E-state index < -0.39 is 5.60 Å². The highest BCUT2D eigenvalue weighted by molar-refractivity contribution is 5.68. The lowest BCUT2D eigenvalue weighted by atomic mass is 10.1. The second-order valence-electron chi connectivity index (χ2n) is 8.45. The van der Waals surface area contributed by atoms with E-state index in [4.69, 9.17) is 4.74 Å². The smallest absolute Gasteiger partial charge is 0.410 e. The monoisotopic (exact) mass is 440 g/mol. The van der Waals surface area contributed by atoms with Crippen LogP contribution in [0.4, 0.5) is 20.6 Å². The zero-order valence-corrected chi connectivity index (χ0v) is 19.2. The minimum absolute atomic E-state index is 0.113. The predicted octanol–water partition coefficient (Wildman–Crippen LogP) is 4.71. The Kier molecular flexibility index (Phi) is 11.8. The summed E-state index contributed by atoms with van der Waals surface area (Å²) >= 11 is 0. The third kappa shape index (κ3) is 11.0. The number of non-ortho nitro benzene ring substituents is 1. The van der Waals surface area contributed by atoms with Crippen molar-refractivity contribution in [1.82, 2.24) is 9.80 Å². The van der Waals surface area contributed by atoms with Crippen molar-refractivity contribution in [3.63, 3.8) is 0 Å². The van der Waals surface area contributed by atoms with E-state index in [9.17, 15) is 19.3 Å². The first-order chi connectivity index (χ1) is 14.7. The minimum atomic E-state index is -0.443. The van der Waals surface area contributed by atoms with Crippen LogP contribution in [0.2, 0.25) is 0 Å². The van der Waals surface area contributed by atoms with Gasteiger partial charge in [-0.05, 0) is 52.3 Å². The maximum atomic E-state index is 12.1. The van der Waals surface area contributed by atoms with Gasteiger partial charge in [0.2, 0.25) is 0 Å². The number of benzene rings is 1. The van der Waals surface area contributed by atoms with Crippen LogP contribution in [0, 0.1) is 10.1 Å². The number of nitrogens with one attached hydrogen (secondary N) is 1. The summed E-state index contributed by atoms with van der Waals surface area (Å²) in [5, 5.41) is 13.9. The molecule has 1 aliphatic heterocycles. The molecule has 1 amide bonds. The fraction of sp³-hybridized carbons (Fsp3) is 0.682. The lowest BCUT2D eigenvalue weighted by Crippen LogP contribution is -2.50. The van der Waals surface area contributed by atoms with E-state index in [0.29, 0.717) is 7.18 Å². The number of carbonyl (C=O) groups is 1. The fourth-order valence-electron chi connectivity index (χ4n) is 3.23. The average Bonchev–Trinajstić information content (AvgIpc) is 2.74. The Morgan fingerprint density at radius 1 is 1.06 bits per heavy atom. The quantitative estimate of drug-likeness (QED) is 0.340. The van der Waals surface area contributed by atoms with Gasteiger partial charge in [-0.3, -0.25) is 19.4 Å². The van der Waals surface area contributed by atoms with Gasteiger partial charge in [0.15, 0.2) is 0 Å². The number of unbranched alkanes of at least 4 members (excludes halogenated alkanes) is 3. The van der Waals surface area contributed by atoms with Crippen molar-refractivity contribution >= 4 is 17.5 Å². The van der Waals surface area contributed by atoms with Crippen LogP contribution in [0.5, 0.6) is 0 Å². The van der Waals surface area contributed by atoms with E-state index in [2.05, 4.69) is 10.2 Å². The number of piperazine rings is 1. The Bertz CT molecular complexity index is 656. The molecule has 1 aromatic rings. The molecule has 2 rings (SSSR count). The third-order valence-corrected chi connectivity index (χ3v) is 4.83. The van der Waals surface area contributed by atoms with Gasteiger partial charge in [-0.15, -0.1) is 0 Å². The van der Waals surface area contributed by atoms with Crippen LogP contribution in [0.3, 0.4) is 0 Å². The molecule has 31 heavy (non-hydrogen) atoms. The molecule has 1 aliphatic rings. The number of anilines is 1. The fourth-order valence-corrected chi connectivity index (χ4v) is 3.23. The van der Waals surface area contributed by atoms with Gasteiger partial charge in [-0.25, -0.2) is 4.79 Å². The molecule has 0 radical (unpaired) electrons. The van der Waals surface area contributed by atoms with Crippen LogP contribution in [0.25, 0.3) is 0 Å². The molecule has 1 aromatic carbocycles. The van der Waals surface area contributed by atoms with Gasteiger partial charge in [-0.1, -0.05) is 12.8 Å². The van der Waals surface area contributed by atoms with Gasteiger partial charge >= 0.3 is 6.09 Å². The van der Waals surface area contributed by atoms with Gasteiger partial charge in [0.05, 0.1) is 12.1 Å². The van der Waals surface area contributed by atoms with Gasteiger partial charge in [0, 0.05) is 50.5 Å². The average molecular weight is 441 g/mol. The Hall–Kier alpha value is -2.42. The van der Waals surface area contributed by atoms with Crippen LogP contribution in [-0.4, -0.2) is 72.9 Å². The number of ether oxygens (including phenoxy) is 1. The van der Waals surface area contributed by atoms with E-state index in [0.717, 1.165) is 64.2 Å². The maximum Gasteiger partial charge on any atom is 0.410 e. The third-order valence-electron chi connectivity index (χ3n) is 4.83. The summed E-state index contributed by atoms with van der Waals surface area (Å²) in [5.74, 6) is 0. The van der Waals surface area contributed by atoms with Crippen molar-refractivity contribution in [3.05, 3.63) is 34.4 Å². The lowest BCUT2D eigenvalue weighted by molar-refractivity contribution is -0.384. The molecule has 0 spiro atoms. The van der Waals surface area contributed by atoms with Crippen LogP contribution in [0.1, 0.15) is 46.5 Å². The Morgan fingerprint density at radius 2 is 1.65 bits per heavy atom.